The molecule has 110 valence electrons. The van der Waals surface area contributed by atoms with Crippen LogP contribution in [0.15, 0.2) is 0 Å². The van der Waals surface area contributed by atoms with Crippen molar-refractivity contribution in [3.8, 4) is 6.07 Å². The van der Waals surface area contributed by atoms with Crippen LogP contribution in [0.25, 0.3) is 0 Å². The Kier molecular flexibility index (Phi) is 8.97. The molecule has 0 aromatic heterocycles. The predicted molar refractivity (Wildman–Crippen MR) is 83.0 cm³/mol. The Hall–Kier alpha value is -0.510. The lowest BCUT2D eigenvalue weighted by atomic mass is 9.81. The topological polar surface area (TPSA) is 23.8 Å². The Morgan fingerprint density at radius 2 is 0.842 bits per heavy atom. The zero-order valence-corrected chi connectivity index (χ0v) is 13.1. The van der Waals surface area contributed by atoms with Crippen LogP contribution in [0.3, 0.4) is 0 Å². The Labute approximate surface area is 120 Å². The quantitative estimate of drug-likeness (QED) is 0.497. The number of nitriles is 1. The van der Waals surface area contributed by atoms with Gasteiger partial charge in [-0.25, -0.2) is 0 Å². The molecular formula is C18H33N. The summed E-state index contributed by atoms with van der Waals surface area (Å²) in [6.07, 6.45) is 20.1. The third-order valence-electron chi connectivity index (χ3n) is 4.73. The van der Waals surface area contributed by atoms with Crippen LogP contribution < -0.4 is 0 Å². The highest BCUT2D eigenvalue weighted by atomic mass is 14.3. The molecule has 0 aromatic rings. The summed E-state index contributed by atoms with van der Waals surface area (Å²) < 4.78 is 0. The molecule has 1 aliphatic carbocycles. The van der Waals surface area contributed by atoms with Crippen LogP contribution in [0.1, 0.15) is 103 Å². The number of hydrogen-bond donors (Lipinski definition) is 0. The van der Waals surface area contributed by atoms with Gasteiger partial charge in [0.2, 0.25) is 0 Å². The summed E-state index contributed by atoms with van der Waals surface area (Å²) in [6.45, 7) is 2.18. The van der Waals surface area contributed by atoms with E-state index in [4.69, 9.17) is 0 Å². The summed E-state index contributed by atoms with van der Waals surface area (Å²) >= 11 is 0. The molecule has 1 fully saturated rings. The SMILES string of the molecule is CC1(C#N)CCCCCCCCCCCCCCC1. The average Bonchev–Trinajstić information content (AvgIpc) is 2.42. The van der Waals surface area contributed by atoms with Crippen LogP contribution in [-0.4, -0.2) is 0 Å². The van der Waals surface area contributed by atoms with Gasteiger partial charge in [0.25, 0.3) is 0 Å². The van der Waals surface area contributed by atoms with E-state index >= 15 is 0 Å². The van der Waals surface area contributed by atoms with Crippen LogP contribution in [-0.2, 0) is 0 Å². The van der Waals surface area contributed by atoms with E-state index in [9.17, 15) is 5.26 Å². The van der Waals surface area contributed by atoms with Gasteiger partial charge in [-0.1, -0.05) is 83.5 Å². The molecule has 1 rings (SSSR count). The Bertz CT molecular complexity index is 235. The maximum Gasteiger partial charge on any atom is 0.0686 e. The highest BCUT2D eigenvalue weighted by Gasteiger charge is 2.22. The molecule has 1 saturated carbocycles. The van der Waals surface area contributed by atoms with E-state index in [1.165, 1.54) is 83.5 Å². The van der Waals surface area contributed by atoms with Gasteiger partial charge in [-0.2, -0.15) is 5.26 Å². The fourth-order valence-corrected chi connectivity index (χ4v) is 3.21. The van der Waals surface area contributed by atoms with Gasteiger partial charge in [0.05, 0.1) is 11.5 Å². The first kappa shape index (κ1) is 16.5. The molecule has 0 amide bonds. The van der Waals surface area contributed by atoms with E-state index < -0.39 is 0 Å². The smallest absolute Gasteiger partial charge is 0.0686 e. The van der Waals surface area contributed by atoms with Crippen LogP contribution in [0, 0.1) is 16.7 Å². The van der Waals surface area contributed by atoms with Gasteiger partial charge in [0.1, 0.15) is 0 Å². The second-order valence-corrected chi connectivity index (χ2v) is 6.77. The molecule has 0 atom stereocenters. The van der Waals surface area contributed by atoms with Crippen molar-refractivity contribution in [3.05, 3.63) is 0 Å². The number of rotatable bonds is 0. The van der Waals surface area contributed by atoms with Crippen molar-refractivity contribution in [2.45, 2.75) is 103 Å². The van der Waals surface area contributed by atoms with Crippen molar-refractivity contribution in [1.29, 1.82) is 5.26 Å². The molecule has 19 heavy (non-hydrogen) atoms. The summed E-state index contributed by atoms with van der Waals surface area (Å²) in [5.74, 6) is 0. The molecule has 0 spiro atoms. The van der Waals surface area contributed by atoms with Crippen molar-refractivity contribution in [2.24, 2.45) is 5.41 Å². The summed E-state index contributed by atoms with van der Waals surface area (Å²) in [6, 6.07) is 2.58. The fourth-order valence-electron chi connectivity index (χ4n) is 3.21. The van der Waals surface area contributed by atoms with Crippen molar-refractivity contribution in [1.82, 2.24) is 0 Å². The van der Waals surface area contributed by atoms with Gasteiger partial charge in [0.15, 0.2) is 0 Å². The summed E-state index contributed by atoms with van der Waals surface area (Å²) in [5.41, 5.74) is -0.0446. The zero-order chi connectivity index (χ0) is 13.8. The monoisotopic (exact) mass is 263 g/mol. The molecule has 0 aliphatic heterocycles. The maximum atomic E-state index is 9.39. The minimum atomic E-state index is -0.0446. The van der Waals surface area contributed by atoms with Crippen LogP contribution >= 0.6 is 0 Å². The van der Waals surface area contributed by atoms with E-state index in [0.717, 1.165) is 12.8 Å². The van der Waals surface area contributed by atoms with Crippen LogP contribution in [0.2, 0.25) is 0 Å². The minimum absolute atomic E-state index is 0.0446. The summed E-state index contributed by atoms with van der Waals surface area (Å²) in [7, 11) is 0. The zero-order valence-electron chi connectivity index (χ0n) is 13.1. The highest BCUT2D eigenvalue weighted by molar-refractivity contribution is 4.95. The Morgan fingerprint density at radius 3 is 1.11 bits per heavy atom. The average molecular weight is 263 g/mol. The molecule has 0 N–H and O–H groups in total. The lowest BCUT2D eigenvalue weighted by molar-refractivity contribution is 0.337. The van der Waals surface area contributed by atoms with Crippen molar-refractivity contribution < 1.29 is 0 Å². The van der Waals surface area contributed by atoms with E-state index in [1.807, 2.05) is 0 Å². The molecule has 1 aliphatic rings. The first-order chi connectivity index (χ1) is 9.27. The molecule has 0 radical (unpaired) electrons. The van der Waals surface area contributed by atoms with Gasteiger partial charge in [0, 0.05) is 0 Å². The predicted octanol–water partition coefficient (Wildman–Crippen LogP) is 6.38. The largest absolute Gasteiger partial charge is 0.198 e. The van der Waals surface area contributed by atoms with Crippen molar-refractivity contribution >= 4 is 0 Å². The minimum Gasteiger partial charge on any atom is -0.198 e. The summed E-state index contributed by atoms with van der Waals surface area (Å²) in [5, 5.41) is 9.39. The molecular weight excluding hydrogens is 230 g/mol. The lowest BCUT2D eigenvalue weighted by Crippen LogP contribution is -2.13. The fraction of sp³-hybridized carbons (Fsp3) is 0.944. The molecule has 1 heteroatoms. The van der Waals surface area contributed by atoms with Crippen LogP contribution in [0.4, 0.5) is 0 Å². The normalized spacial score (nSPS) is 24.4. The second kappa shape index (κ2) is 10.3. The second-order valence-electron chi connectivity index (χ2n) is 6.77. The van der Waals surface area contributed by atoms with E-state index in [2.05, 4.69) is 13.0 Å². The molecule has 0 saturated heterocycles. The Balaban J connectivity index is 2.30. The van der Waals surface area contributed by atoms with Crippen LogP contribution in [0.5, 0.6) is 0 Å². The summed E-state index contributed by atoms with van der Waals surface area (Å²) in [4.78, 5) is 0. The molecule has 0 unspecified atom stereocenters. The number of nitrogens with zero attached hydrogens (tertiary/aromatic N) is 1. The Morgan fingerprint density at radius 1 is 0.579 bits per heavy atom. The van der Waals surface area contributed by atoms with Gasteiger partial charge in [-0.3, -0.25) is 0 Å². The van der Waals surface area contributed by atoms with Crippen molar-refractivity contribution in [2.75, 3.05) is 0 Å². The van der Waals surface area contributed by atoms with Gasteiger partial charge in [-0.05, 0) is 19.8 Å². The first-order valence-electron chi connectivity index (χ1n) is 8.68. The van der Waals surface area contributed by atoms with E-state index in [-0.39, 0.29) is 5.41 Å². The van der Waals surface area contributed by atoms with Gasteiger partial charge in [-0.15, -0.1) is 0 Å². The lowest BCUT2D eigenvalue weighted by Gasteiger charge is -2.21. The first-order valence-corrected chi connectivity index (χ1v) is 8.68. The van der Waals surface area contributed by atoms with E-state index in [1.54, 1.807) is 0 Å². The molecule has 0 bridgehead atoms. The molecule has 1 nitrogen and oxygen atoms in total. The highest BCUT2D eigenvalue weighted by Crippen LogP contribution is 2.30. The third kappa shape index (κ3) is 8.30. The molecule has 0 aromatic carbocycles. The molecule has 0 heterocycles. The maximum absolute atomic E-state index is 9.39. The number of hydrogen-bond acceptors (Lipinski definition) is 1. The van der Waals surface area contributed by atoms with Crippen molar-refractivity contribution in [3.63, 3.8) is 0 Å². The third-order valence-corrected chi connectivity index (χ3v) is 4.73. The van der Waals surface area contributed by atoms with Gasteiger partial charge >= 0.3 is 0 Å². The van der Waals surface area contributed by atoms with E-state index in [0.29, 0.717) is 0 Å². The van der Waals surface area contributed by atoms with Gasteiger partial charge < -0.3 is 0 Å². The standard InChI is InChI=1S/C18H33N/c1-18(17-19)15-13-11-9-7-5-3-2-4-6-8-10-12-14-16-18/h2-16H2,1H3.